The Bertz CT molecular complexity index is 497. The van der Waals surface area contributed by atoms with Gasteiger partial charge in [0.05, 0.1) is 11.7 Å². The Morgan fingerprint density at radius 3 is 2.59 bits per heavy atom. The summed E-state index contributed by atoms with van der Waals surface area (Å²) < 4.78 is 1.13. The van der Waals surface area contributed by atoms with Gasteiger partial charge in [0, 0.05) is 19.6 Å². The molecule has 0 aliphatic heterocycles. The zero-order valence-electron chi connectivity index (χ0n) is 10.0. The molecule has 0 radical (unpaired) electrons. The maximum Gasteiger partial charge on any atom is 0.115 e. The van der Waals surface area contributed by atoms with E-state index in [1.54, 1.807) is 22.7 Å². The molecule has 17 heavy (non-hydrogen) atoms. The first-order valence-corrected chi connectivity index (χ1v) is 7.94. The fourth-order valence-corrected chi connectivity index (χ4v) is 4.10. The molecule has 2 aromatic rings. The molecule has 1 atom stereocenters. The number of nitrogens with two attached hydrogens (primary N) is 1. The van der Waals surface area contributed by atoms with Crippen LogP contribution in [0.4, 0.5) is 0 Å². The largest absolute Gasteiger partial charge is 0.318 e. The maximum absolute atomic E-state index is 6.25. The molecule has 0 fully saturated rings. The van der Waals surface area contributed by atoms with Crippen LogP contribution in [0.3, 0.4) is 0 Å². The van der Waals surface area contributed by atoms with E-state index in [0.717, 1.165) is 15.2 Å². The minimum Gasteiger partial charge on any atom is -0.318 e. The van der Waals surface area contributed by atoms with E-state index in [4.69, 9.17) is 5.73 Å². The SMILES string of the molecule is Cc1sc(C(N)c2nc(C(C)C)cs2)cc1Br. The van der Waals surface area contributed by atoms with Crippen LogP contribution >= 0.6 is 38.6 Å². The lowest BCUT2D eigenvalue weighted by molar-refractivity contribution is 0.801. The maximum atomic E-state index is 6.25. The molecule has 2 heterocycles. The zero-order chi connectivity index (χ0) is 12.6. The van der Waals surface area contributed by atoms with Gasteiger partial charge in [-0.3, -0.25) is 0 Å². The standard InChI is InChI=1S/C12H15BrN2S2/c1-6(2)9-5-16-12(15-9)11(14)10-4-8(13)7(3)17-10/h4-6,11H,14H2,1-3H3. The summed E-state index contributed by atoms with van der Waals surface area (Å²) in [7, 11) is 0. The Labute approximate surface area is 118 Å². The molecule has 0 aliphatic rings. The average Bonchev–Trinajstić information content (AvgIpc) is 2.86. The van der Waals surface area contributed by atoms with Crippen molar-refractivity contribution in [3.05, 3.63) is 36.4 Å². The van der Waals surface area contributed by atoms with E-state index in [1.807, 2.05) is 0 Å². The van der Waals surface area contributed by atoms with Crippen LogP contribution in [0, 0.1) is 6.92 Å². The van der Waals surface area contributed by atoms with E-state index >= 15 is 0 Å². The van der Waals surface area contributed by atoms with Crippen molar-refractivity contribution in [1.82, 2.24) is 4.98 Å². The van der Waals surface area contributed by atoms with Gasteiger partial charge in [0.25, 0.3) is 0 Å². The van der Waals surface area contributed by atoms with Crippen LogP contribution in [0.15, 0.2) is 15.9 Å². The second kappa shape index (κ2) is 5.18. The first-order chi connectivity index (χ1) is 7.99. The molecule has 1 unspecified atom stereocenters. The minimum atomic E-state index is -0.0949. The molecule has 2 aromatic heterocycles. The van der Waals surface area contributed by atoms with Gasteiger partial charge in [-0.2, -0.15) is 0 Å². The summed E-state index contributed by atoms with van der Waals surface area (Å²) in [5.74, 6) is 0.462. The molecule has 0 saturated carbocycles. The van der Waals surface area contributed by atoms with Crippen molar-refractivity contribution in [3.63, 3.8) is 0 Å². The number of halogens is 1. The Balaban J connectivity index is 2.27. The van der Waals surface area contributed by atoms with Crippen molar-refractivity contribution in [1.29, 1.82) is 0 Å². The molecule has 2 nitrogen and oxygen atoms in total. The van der Waals surface area contributed by atoms with Crippen molar-refractivity contribution in [2.75, 3.05) is 0 Å². The van der Waals surface area contributed by atoms with Crippen LogP contribution in [0.1, 0.15) is 46.3 Å². The fourth-order valence-electron chi connectivity index (χ4n) is 1.47. The smallest absolute Gasteiger partial charge is 0.115 e. The fraction of sp³-hybridized carbons (Fsp3) is 0.417. The molecule has 0 bridgehead atoms. The normalized spacial score (nSPS) is 13.3. The van der Waals surface area contributed by atoms with Crippen molar-refractivity contribution in [2.45, 2.75) is 32.7 Å². The highest BCUT2D eigenvalue weighted by molar-refractivity contribution is 9.10. The predicted molar refractivity (Wildman–Crippen MR) is 79.0 cm³/mol. The number of hydrogen-bond donors (Lipinski definition) is 1. The van der Waals surface area contributed by atoms with Crippen LogP contribution in [0.5, 0.6) is 0 Å². The number of aryl methyl sites for hydroxylation is 1. The third kappa shape index (κ3) is 2.78. The number of thiazole rings is 1. The Kier molecular flexibility index (Phi) is 4.02. The van der Waals surface area contributed by atoms with Gasteiger partial charge in [0.1, 0.15) is 5.01 Å². The number of thiophene rings is 1. The van der Waals surface area contributed by atoms with Crippen LogP contribution < -0.4 is 5.73 Å². The van der Waals surface area contributed by atoms with E-state index < -0.39 is 0 Å². The molecular formula is C12H15BrN2S2. The van der Waals surface area contributed by atoms with Gasteiger partial charge in [0.15, 0.2) is 0 Å². The van der Waals surface area contributed by atoms with E-state index in [0.29, 0.717) is 5.92 Å². The molecule has 0 amide bonds. The van der Waals surface area contributed by atoms with Crippen molar-refractivity contribution in [3.8, 4) is 0 Å². The minimum absolute atomic E-state index is 0.0949. The van der Waals surface area contributed by atoms with E-state index in [-0.39, 0.29) is 6.04 Å². The zero-order valence-corrected chi connectivity index (χ0v) is 13.2. The van der Waals surface area contributed by atoms with Crippen LogP contribution in [0.25, 0.3) is 0 Å². The monoisotopic (exact) mass is 330 g/mol. The summed E-state index contributed by atoms with van der Waals surface area (Å²) in [5, 5.41) is 3.11. The van der Waals surface area contributed by atoms with Gasteiger partial charge in [-0.25, -0.2) is 4.98 Å². The molecule has 0 spiro atoms. The predicted octanol–water partition coefficient (Wildman–Crippen LogP) is 4.45. The second-order valence-electron chi connectivity index (χ2n) is 4.30. The van der Waals surface area contributed by atoms with Gasteiger partial charge < -0.3 is 5.73 Å². The molecule has 0 aliphatic carbocycles. The third-order valence-electron chi connectivity index (χ3n) is 2.58. The highest BCUT2D eigenvalue weighted by atomic mass is 79.9. The van der Waals surface area contributed by atoms with Crippen LogP contribution in [0.2, 0.25) is 0 Å². The lowest BCUT2D eigenvalue weighted by Crippen LogP contribution is -2.10. The highest BCUT2D eigenvalue weighted by Crippen LogP contribution is 2.34. The summed E-state index contributed by atoms with van der Waals surface area (Å²) in [4.78, 5) is 7.04. The number of hydrogen-bond acceptors (Lipinski definition) is 4. The Hall–Kier alpha value is -0.230. The summed E-state index contributed by atoms with van der Waals surface area (Å²) in [6.07, 6.45) is 0. The van der Waals surface area contributed by atoms with Gasteiger partial charge in [-0.05, 0) is 34.8 Å². The summed E-state index contributed by atoms with van der Waals surface area (Å²) in [6.45, 7) is 6.39. The number of aromatic nitrogens is 1. The van der Waals surface area contributed by atoms with Crippen molar-refractivity contribution >= 4 is 38.6 Å². The molecule has 2 N–H and O–H groups in total. The second-order valence-corrected chi connectivity index (χ2v) is 7.33. The molecule has 5 heteroatoms. The van der Waals surface area contributed by atoms with E-state index in [2.05, 4.69) is 53.1 Å². The van der Waals surface area contributed by atoms with Gasteiger partial charge in [-0.1, -0.05) is 13.8 Å². The van der Waals surface area contributed by atoms with Gasteiger partial charge >= 0.3 is 0 Å². The van der Waals surface area contributed by atoms with E-state index in [9.17, 15) is 0 Å². The Morgan fingerprint density at radius 2 is 2.12 bits per heavy atom. The van der Waals surface area contributed by atoms with E-state index in [1.165, 1.54) is 9.75 Å². The topological polar surface area (TPSA) is 38.9 Å². The summed E-state index contributed by atoms with van der Waals surface area (Å²) >= 11 is 6.90. The summed E-state index contributed by atoms with van der Waals surface area (Å²) in [5.41, 5.74) is 7.38. The lowest BCUT2D eigenvalue weighted by Gasteiger charge is -2.05. The van der Waals surface area contributed by atoms with Crippen molar-refractivity contribution in [2.24, 2.45) is 5.73 Å². The number of nitrogens with zero attached hydrogens (tertiary/aromatic N) is 1. The van der Waals surface area contributed by atoms with Crippen LogP contribution in [-0.2, 0) is 0 Å². The van der Waals surface area contributed by atoms with Gasteiger partial charge in [0.2, 0.25) is 0 Å². The Morgan fingerprint density at radius 1 is 1.41 bits per heavy atom. The van der Waals surface area contributed by atoms with Crippen LogP contribution in [-0.4, -0.2) is 4.98 Å². The van der Waals surface area contributed by atoms with Crippen molar-refractivity contribution < 1.29 is 0 Å². The molecule has 0 saturated heterocycles. The average molecular weight is 331 g/mol. The third-order valence-corrected chi connectivity index (χ3v) is 5.75. The molecule has 0 aromatic carbocycles. The molecular weight excluding hydrogens is 316 g/mol. The lowest BCUT2D eigenvalue weighted by atomic mass is 10.2. The first kappa shape index (κ1) is 13.2. The molecule has 2 rings (SSSR count). The molecule has 92 valence electrons. The highest BCUT2D eigenvalue weighted by Gasteiger charge is 2.17. The number of rotatable bonds is 3. The summed E-state index contributed by atoms with van der Waals surface area (Å²) in [6, 6.07) is 2.00. The first-order valence-electron chi connectivity index (χ1n) is 5.45. The van der Waals surface area contributed by atoms with Gasteiger partial charge in [-0.15, -0.1) is 22.7 Å². The quantitative estimate of drug-likeness (QED) is 0.903.